The van der Waals surface area contributed by atoms with E-state index in [1.54, 1.807) is 12.5 Å². The van der Waals surface area contributed by atoms with Crippen LogP contribution in [0.15, 0.2) is 55.2 Å². The predicted octanol–water partition coefficient (Wildman–Crippen LogP) is 4.70. The lowest BCUT2D eigenvalue weighted by Crippen LogP contribution is -2.32. The maximum Gasteiger partial charge on any atom is 0.149 e. The Bertz CT molecular complexity index is 1340. The van der Waals surface area contributed by atoms with Crippen molar-refractivity contribution in [2.45, 2.75) is 32.2 Å². The molecule has 3 heterocycles. The quantitative estimate of drug-likeness (QED) is 0.450. The molecule has 1 atom stereocenters. The zero-order chi connectivity index (χ0) is 22.6. The second-order valence-electron chi connectivity index (χ2n) is 8.27. The number of benzene rings is 2. The van der Waals surface area contributed by atoms with E-state index in [1.165, 1.54) is 19.2 Å². The minimum absolute atomic E-state index is 0.232. The molecule has 166 valence electrons. The van der Waals surface area contributed by atoms with E-state index in [9.17, 15) is 0 Å². The molecule has 5 rings (SSSR count). The molecule has 0 aliphatic carbocycles. The zero-order valence-corrected chi connectivity index (χ0v) is 18.8. The topological polar surface area (TPSA) is 76.9 Å². The van der Waals surface area contributed by atoms with Gasteiger partial charge in [0, 0.05) is 25.0 Å². The molecular weight excluding hydrogens is 412 g/mol. The van der Waals surface area contributed by atoms with Gasteiger partial charge in [-0.2, -0.15) is 0 Å². The summed E-state index contributed by atoms with van der Waals surface area (Å²) in [5, 5.41) is 6.83. The number of nitrogens with one attached hydrogen (secondary N) is 2. The molecule has 2 aromatic heterocycles. The van der Waals surface area contributed by atoms with Crippen LogP contribution in [0, 0.1) is 18.8 Å². The van der Waals surface area contributed by atoms with Crippen LogP contribution in [0.4, 0.5) is 11.5 Å². The molecule has 1 unspecified atom stereocenters. The highest BCUT2D eigenvalue weighted by molar-refractivity contribution is 5.77. The molecule has 0 amide bonds. The van der Waals surface area contributed by atoms with Gasteiger partial charge in [-0.3, -0.25) is 0 Å². The summed E-state index contributed by atoms with van der Waals surface area (Å²) in [6.45, 7) is 3.05. The molecule has 7 heteroatoms. The average Bonchev–Trinajstić information content (AvgIpc) is 3.21. The third kappa shape index (κ3) is 4.81. The van der Waals surface area contributed by atoms with E-state index in [1.807, 2.05) is 54.9 Å². The van der Waals surface area contributed by atoms with Gasteiger partial charge in [0.25, 0.3) is 0 Å². The molecule has 7 nitrogen and oxygen atoms in total. The summed E-state index contributed by atoms with van der Waals surface area (Å²) in [6, 6.07) is 12.1. The van der Waals surface area contributed by atoms with Crippen molar-refractivity contribution in [1.82, 2.24) is 24.8 Å². The van der Waals surface area contributed by atoms with Crippen LogP contribution in [0.3, 0.4) is 0 Å². The van der Waals surface area contributed by atoms with Gasteiger partial charge >= 0.3 is 0 Å². The first-order valence-corrected chi connectivity index (χ1v) is 11.2. The largest absolute Gasteiger partial charge is 0.457 e. The molecule has 0 saturated carbocycles. The first-order valence-electron chi connectivity index (χ1n) is 11.2. The molecular formula is C26H26N6O. The number of imidazole rings is 1. The Morgan fingerprint density at radius 2 is 2.09 bits per heavy atom. The summed E-state index contributed by atoms with van der Waals surface area (Å²) < 4.78 is 8.12. The summed E-state index contributed by atoms with van der Waals surface area (Å²) in [7, 11) is 1.98. The Morgan fingerprint density at radius 3 is 2.94 bits per heavy atom. The van der Waals surface area contributed by atoms with Crippen molar-refractivity contribution in [3.63, 3.8) is 0 Å². The number of anilines is 2. The Morgan fingerprint density at radius 1 is 1.15 bits per heavy atom. The van der Waals surface area contributed by atoms with Gasteiger partial charge < -0.3 is 19.9 Å². The fraction of sp³-hybridized carbons (Fsp3) is 0.269. The van der Waals surface area contributed by atoms with Gasteiger partial charge in [0.05, 0.1) is 29.0 Å². The van der Waals surface area contributed by atoms with E-state index in [0.29, 0.717) is 5.82 Å². The normalized spacial score (nSPS) is 15.6. The number of aromatic nitrogens is 4. The highest BCUT2D eigenvalue weighted by Crippen LogP contribution is 2.30. The predicted molar refractivity (Wildman–Crippen MR) is 130 cm³/mol. The molecule has 0 bridgehead atoms. The van der Waals surface area contributed by atoms with Crippen LogP contribution < -0.4 is 15.4 Å². The summed E-state index contributed by atoms with van der Waals surface area (Å²) in [6.07, 6.45) is 8.60. The van der Waals surface area contributed by atoms with Crippen molar-refractivity contribution in [3.8, 4) is 23.3 Å². The number of hydrogen-bond donors (Lipinski definition) is 2. The highest BCUT2D eigenvalue weighted by Gasteiger charge is 2.10. The molecule has 33 heavy (non-hydrogen) atoms. The van der Waals surface area contributed by atoms with E-state index in [-0.39, 0.29) is 6.04 Å². The standard InChI is InChI=1S/C26H26N6O/c1-18-13-21(8-11-25(18)33-22-9-10-24-23(14-22)30-17-32(24)2)31-26-19(15-27-16-29-26)6-7-20-5-3-4-12-28-20/h8-11,13-17,20,28H,3-5,12H2,1-2H3,(H,27,29,31). The van der Waals surface area contributed by atoms with Crippen LogP contribution in [0.25, 0.3) is 11.0 Å². The third-order valence-electron chi connectivity index (χ3n) is 5.77. The first-order chi connectivity index (χ1) is 16.2. The van der Waals surface area contributed by atoms with Gasteiger partial charge in [-0.15, -0.1) is 0 Å². The summed E-state index contributed by atoms with van der Waals surface area (Å²) in [5.74, 6) is 8.81. The van der Waals surface area contributed by atoms with Crippen molar-refractivity contribution in [2.24, 2.45) is 7.05 Å². The maximum absolute atomic E-state index is 6.13. The van der Waals surface area contributed by atoms with Crippen LogP contribution >= 0.6 is 0 Å². The van der Waals surface area contributed by atoms with Crippen molar-refractivity contribution in [1.29, 1.82) is 0 Å². The second kappa shape index (κ2) is 9.31. The second-order valence-corrected chi connectivity index (χ2v) is 8.27. The number of fused-ring (bicyclic) bond motifs is 1. The lowest BCUT2D eigenvalue weighted by atomic mass is 10.1. The minimum Gasteiger partial charge on any atom is -0.457 e. The summed E-state index contributed by atoms with van der Waals surface area (Å²) in [4.78, 5) is 13.0. The van der Waals surface area contributed by atoms with Crippen LogP contribution in [0.5, 0.6) is 11.5 Å². The van der Waals surface area contributed by atoms with E-state index in [4.69, 9.17) is 4.74 Å². The summed E-state index contributed by atoms with van der Waals surface area (Å²) in [5.41, 5.74) is 4.69. The van der Waals surface area contributed by atoms with Crippen molar-refractivity contribution < 1.29 is 4.74 Å². The maximum atomic E-state index is 6.13. The van der Waals surface area contributed by atoms with Crippen LogP contribution in [-0.4, -0.2) is 32.1 Å². The van der Waals surface area contributed by atoms with E-state index in [0.717, 1.165) is 52.3 Å². The number of piperidine rings is 1. The fourth-order valence-corrected chi connectivity index (χ4v) is 3.95. The van der Waals surface area contributed by atoms with Gasteiger partial charge in [0.1, 0.15) is 23.6 Å². The number of aryl methyl sites for hydroxylation is 2. The molecule has 1 aliphatic heterocycles. The highest BCUT2D eigenvalue weighted by atomic mass is 16.5. The fourth-order valence-electron chi connectivity index (χ4n) is 3.95. The van der Waals surface area contributed by atoms with Gasteiger partial charge in [-0.1, -0.05) is 11.8 Å². The first kappa shape index (κ1) is 21.0. The smallest absolute Gasteiger partial charge is 0.149 e. The van der Waals surface area contributed by atoms with E-state index in [2.05, 4.69) is 37.4 Å². The Labute approximate surface area is 193 Å². The number of rotatable bonds is 4. The molecule has 1 aliphatic rings. The van der Waals surface area contributed by atoms with Crippen LogP contribution in [0.1, 0.15) is 30.4 Å². The van der Waals surface area contributed by atoms with Gasteiger partial charge in [-0.25, -0.2) is 15.0 Å². The molecule has 0 spiro atoms. The van der Waals surface area contributed by atoms with Crippen LogP contribution in [-0.2, 0) is 7.05 Å². The average molecular weight is 439 g/mol. The number of nitrogens with zero attached hydrogens (tertiary/aromatic N) is 4. The summed E-state index contributed by atoms with van der Waals surface area (Å²) >= 11 is 0. The molecule has 1 saturated heterocycles. The monoisotopic (exact) mass is 438 g/mol. The minimum atomic E-state index is 0.232. The molecule has 4 aromatic rings. The van der Waals surface area contributed by atoms with E-state index >= 15 is 0 Å². The van der Waals surface area contributed by atoms with Crippen molar-refractivity contribution in [3.05, 3.63) is 66.4 Å². The molecule has 2 N–H and O–H groups in total. The third-order valence-corrected chi connectivity index (χ3v) is 5.77. The van der Waals surface area contributed by atoms with Crippen molar-refractivity contribution in [2.75, 3.05) is 11.9 Å². The molecule has 1 fully saturated rings. The SMILES string of the molecule is Cc1cc(Nc2ncncc2C#CC2CCCCN2)ccc1Oc1ccc2c(c1)ncn2C. The Kier molecular flexibility index (Phi) is 5.92. The zero-order valence-electron chi connectivity index (χ0n) is 18.8. The number of hydrogen-bond acceptors (Lipinski definition) is 6. The van der Waals surface area contributed by atoms with Gasteiger partial charge in [0.15, 0.2) is 0 Å². The lowest BCUT2D eigenvalue weighted by Gasteiger charge is -2.18. The Balaban J connectivity index is 1.32. The lowest BCUT2D eigenvalue weighted by molar-refractivity contribution is 0.464. The number of ether oxygens (including phenoxy) is 1. The molecule has 0 radical (unpaired) electrons. The molecule has 2 aromatic carbocycles. The Hall–Kier alpha value is -3.89. The van der Waals surface area contributed by atoms with Gasteiger partial charge in [0.2, 0.25) is 0 Å². The van der Waals surface area contributed by atoms with Crippen LogP contribution in [0.2, 0.25) is 0 Å². The van der Waals surface area contributed by atoms with Gasteiger partial charge in [-0.05, 0) is 68.6 Å². The van der Waals surface area contributed by atoms with E-state index < -0.39 is 0 Å². The van der Waals surface area contributed by atoms with Crippen molar-refractivity contribution >= 4 is 22.5 Å².